The molecule has 7 nitrogen and oxygen atoms in total. The Morgan fingerprint density at radius 2 is 1.94 bits per heavy atom. The Bertz CT molecular complexity index is 1290. The molecule has 1 unspecified atom stereocenters. The first-order valence-electron chi connectivity index (χ1n) is 12.5. The summed E-state index contributed by atoms with van der Waals surface area (Å²) in [6.07, 6.45) is 3.21. The molecule has 0 radical (unpaired) electrons. The van der Waals surface area contributed by atoms with E-state index in [2.05, 4.69) is 41.3 Å². The molecule has 36 heavy (non-hydrogen) atoms. The number of fused-ring (bicyclic) bond motifs is 1. The number of rotatable bonds is 5. The number of hydrogen-bond donors (Lipinski definition) is 1. The number of amides is 2. The van der Waals surface area contributed by atoms with Crippen molar-refractivity contribution in [3.8, 4) is 16.3 Å². The smallest absolute Gasteiger partial charge is 0.391 e. The first-order chi connectivity index (χ1) is 17.3. The van der Waals surface area contributed by atoms with Gasteiger partial charge in [0, 0.05) is 25.4 Å². The molecule has 8 heteroatoms. The van der Waals surface area contributed by atoms with Gasteiger partial charge in [-0.25, -0.2) is 14.8 Å². The number of benzene rings is 1. The van der Waals surface area contributed by atoms with Crippen LogP contribution in [0, 0.1) is 38.5 Å². The van der Waals surface area contributed by atoms with Gasteiger partial charge in [-0.15, -0.1) is 11.3 Å². The zero-order valence-electron chi connectivity index (χ0n) is 21.2. The average molecular weight is 505 g/mol. The van der Waals surface area contributed by atoms with Gasteiger partial charge in [0.2, 0.25) is 5.88 Å². The van der Waals surface area contributed by atoms with Gasteiger partial charge in [0.1, 0.15) is 5.69 Å². The van der Waals surface area contributed by atoms with E-state index in [1.807, 2.05) is 36.9 Å². The molecule has 3 heterocycles. The first kappa shape index (κ1) is 24.4. The number of hydrogen-bond acceptors (Lipinski definition) is 6. The normalized spacial score (nSPS) is 22.9. The molecule has 1 saturated heterocycles. The zero-order valence-corrected chi connectivity index (χ0v) is 22.0. The first-order valence-corrected chi connectivity index (χ1v) is 13.3. The molecule has 1 saturated carbocycles. The van der Waals surface area contributed by atoms with Gasteiger partial charge in [0.15, 0.2) is 0 Å². The third kappa shape index (κ3) is 5.00. The van der Waals surface area contributed by atoms with Gasteiger partial charge in [0.25, 0.3) is 5.91 Å². The molecule has 1 N–H and O–H groups in total. The van der Waals surface area contributed by atoms with E-state index in [0.29, 0.717) is 36.5 Å². The van der Waals surface area contributed by atoms with E-state index in [9.17, 15) is 9.59 Å². The zero-order chi connectivity index (χ0) is 25.4. The van der Waals surface area contributed by atoms with Crippen molar-refractivity contribution in [2.45, 2.75) is 46.6 Å². The fraction of sp³-hybridized carbons (Fsp3) is 0.429. The molecule has 2 aromatic heterocycles. The van der Waals surface area contributed by atoms with E-state index >= 15 is 0 Å². The van der Waals surface area contributed by atoms with Crippen molar-refractivity contribution in [1.82, 2.24) is 20.2 Å². The Kier molecular flexibility index (Phi) is 6.79. The van der Waals surface area contributed by atoms with Crippen molar-refractivity contribution in [2.75, 3.05) is 13.1 Å². The molecule has 2 amide bonds. The molecule has 2 fully saturated rings. The number of pyridine rings is 1. The van der Waals surface area contributed by atoms with Crippen LogP contribution in [0.1, 0.15) is 46.4 Å². The highest BCUT2D eigenvalue weighted by Gasteiger charge is 2.48. The molecule has 0 spiro atoms. The minimum Gasteiger partial charge on any atom is -0.391 e. The number of thiazole rings is 1. The second kappa shape index (κ2) is 10.0. The Labute approximate surface area is 215 Å². The summed E-state index contributed by atoms with van der Waals surface area (Å²) in [5.74, 6) is 1.61. The van der Waals surface area contributed by atoms with Crippen LogP contribution in [0.5, 0.6) is 5.88 Å². The molecule has 5 rings (SSSR count). The van der Waals surface area contributed by atoms with Gasteiger partial charge in [-0.1, -0.05) is 36.8 Å². The van der Waals surface area contributed by atoms with E-state index in [0.717, 1.165) is 39.4 Å². The average Bonchev–Trinajstić information content (AvgIpc) is 3.49. The second-order valence-corrected chi connectivity index (χ2v) is 11.5. The molecule has 4 atom stereocenters. The summed E-state index contributed by atoms with van der Waals surface area (Å²) in [6.45, 7) is 9.21. The fourth-order valence-electron chi connectivity index (χ4n) is 5.81. The lowest BCUT2D eigenvalue weighted by molar-refractivity contribution is 0.0702. The summed E-state index contributed by atoms with van der Waals surface area (Å²) in [7, 11) is 0. The van der Waals surface area contributed by atoms with Crippen molar-refractivity contribution in [3.05, 3.63) is 64.4 Å². The third-order valence-electron chi connectivity index (χ3n) is 7.33. The van der Waals surface area contributed by atoms with E-state index < -0.39 is 6.09 Å². The maximum atomic E-state index is 14.0. The fourth-order valence-corrected chi connectivity index (χ4v) is 6.72. The standard InChI is InChI=1S/C28H32N4O3S/c1-16-6-5-7-20(10-16)26-25(31-19(4)36-26)27(33)32-15-21-11-18(3)12-22(21)23(32)14-30-28(34)35-24-13-17(2)8-9-29-24/h5-10,13,18,21-23H,11-12,14-15H2,1-4H3,(H,30,34)/t18?,21-,22-,23+/m0/s1. The maximum absolute atomic E-state index is 14.0. The van der Waals surface area contributed by atoms with Crippen LogP contribution in [-0.2, 0) is 0 Å². The van der Waals surface area contributed by atoms with Crippen LogP contribution in [0.25, 0.3) is 10.4 Å². The lowest BCUT2D eigenvalue weighted by Crippen LogP contribution is -2.46. The molecule has 2 aliphatic rings. The van der Waals surface area contributed by atoms with Gasteiger partial charge in [-0.05, 0) is 68.6 Å². The minimum atomic E-state index is -0.556. The predicted octanol–water partition coefficient (Wildman–Crippen LogP) is 5.41. The molecule has 1 aliphatic carbocycles. The monoisotopic (exact) mass is 504 g/mol. The topological polar surface area (TPSA) is 84.4 Å². The van der Waals surface area contributed by atoms with Crippen LogP contribution in [0.4, 0.5) is 4.79 Å². The van der Waals surface area contributed by atoms with Crippen molar-refractivity contribution in [2.24, 2.45) is 17.8 Å². The number of likely N-dealkylation sites (tertiary alicyclic amines) is 1. The molecule has 188 valence electrons. The van der Waals surface area contributed by atoms with E-state index in [-0.39, 0.29) is 17.8 Å². The lowest BCUT2D eigenvalue weighted by atomic mass is 9.93. The highest BCUT2D eigenvalue weighted by atomic mass is 32.1. The Hall–Kier alpha value is -3.26. The van der Waals surface area contributed by atoms with Crippen molar-refractivity contribution < 1.29 is 14.3 Å². The van der Waals surface area contributed by atoms with Crippen LogP contribution in [-0.4, -0.2) is 46.0 Å². The molecule has 1 aromatic carbocycles. The summed E-state index contributed by atoms with van der Waals surface area (Å²) in [5, 5.41) is 3.77. The highest BCUT2D eigenvalue weighted by Crippen LogP contribution is 2.45. The van der Waals surface area contributed by atoms with E-state index in [1.165, 1.54) is 0 Å². The van der Waals surface area contributed by atoms with Gasteiger partial charge in [-0.2, -0.15) is 0 Å². The van der Waals surface area contributed by atoms with E-state index in [4.69, 9.17) is 4.74 Å². The van der Waals surface area contributed by atoms with Crippen molar-refractivity contribution in [3.63, 3.8) is 0 Å². The molecule has 3 aromatic rings. The highest BCUT2D eigenvalue weighted by molar-refractivity contribution is 7.15. The van der Waals surface area contributed by atoms with Crippen LogP contribution in [0.3, 0.4) is 0 Å². The van der Waals surface area contributed by atoms with Crippen molar-refractivity contribution >= 4 is 23.3 Å². The van der Waals surface area contributed by atoms with Crippen LogP contribution in [0.15, 0.2) is 42.6 Å². The van der Waals surface area contributed by atoms with Crippen LogP contribution >= 0.6 is 11.3 Å². The van der Waals surface area contributed by atoms with Gasteiger partial charge in [0.05, 0.1) is 15.9 Å². The van der Waals surface area contributed by atoms with E-state index in [1.54, 1.807) is 23.6 Å². The number of carbonyl (C=O) groups excluding carboxylic acids is 2. The second-order valence-electron chi connectivity index (χ2n) is 10.2. The Morgan fingerprint density at radius 3 is 2.72 bits per heavy atom. The van der Waals surface area contributed by atoms with Gasteiger partial charge >= 0.3 is 6.09 Å². The number of nitrogens with one attached hydrogen (secondary N) is 1. The number of aromatic nitrogens is 2. The quantitative estimate of drug-likeness (QED) is 0.503. The molecule has 0 bridgehead atoms. The Balaban J connectivity index is 1.36. The lowest BCUT2D eigenvalue weighted by Gasteiger charge is -2.28. The number of nitrogens with zero attached hydrogens (tertiary/aromatic N) is 3. The van der Waals surface area contributed by atoms with Crippen LogP contribution in [0.2, 0.25) is 0 Å². The summed E-state index contributed by atoms with van der Waals surface area (Å²) >= 11 is 1.55. The number of ether oxygens (including phenoxy) is 1. The summed E-state index contributed by atoms with van der Waals surface area (Å²) in [6, 6.07) is 11.7. The Morgan fingerprint density at radius 1 is 1.14 bits per heavy atom. The number of carbonyl (C=O) groups is 2. The third-order valence-corrected chi connectivity index (χ3v) is 8.35. The van der Waals surface area contributed by atoms with Gasteiger partial charge < -0.3 is 15.0 Å². The summed E-state index contributed by atoms with van der Waals surface area (Å²) in [5.41, 5.74) is 3.63. The summed E-state index contributed by atoms with van der Waals surface area (Å²) < 4.78 is 5.38. The molecular weight excluding hydrogens is 472 g/mol. The maximum Gasteiger partial charge on any atom is 0.414 e. The number of aryl methyl sites for hydroxylation is 3. The van der Waals surface area contributed by atoms with Crippen molar-refractivity contribution in [1.29, 1.82) is 0 Å². The minimum absolute atomic E-state index is 0.0570. The molecular formula is C28H32N4O3S. The van der Waals surface area contributed by atoms with Gasteiger partial charge in [-0.3, -0.25) is 4.79 Å². The SMILES string of the molecule is Cc1cccc(-c2sc(C)nc2C(=O)N2C[C@@H]3CC(C)C[C@@H]3[C@H]2CNC(=O)Oc2cc(C)ccn2)c1. The summed E-state index contributed by atoms with van der Waals surface area (Å²) in [4.78, 5) is 38.1. The molecule has 1 aliphatic heterocycles. The predicted molar refractivity (Wildman–Crippen MR) is 140 cm³/mol. The van der Waals surface area contributed by atoms with Crippen LogP contribution < -0.4 is 10.1 Å². The largest absolute Gasteiger partial charge is 0.414 e.